The van der Waals surface area contributed by atoms with Crippen LogP contribution in [-0.4, -0.2) is 28.0 Å². The summed E-state index contributed by atoms with van der Waals surface area (Å²) in [6.07, 6.45) is 1.74. The van der Waals surface area contributed by atoms with Crippen molar-refractivity contribution in [3.63, 3.8) is 0 Å². The average Bonchev–Trinajstić information content (AvgIpc) is 3.24. The van der Waals surface area contributed by atoms with Crippen LogP contribution in [0.5, 0.6) is 17.2 Å². The van der Waals surface area contributed by atoms with Crippen LogP contribution in [0, 0.1) is 0 Å². The zero-order valence-corrected chi connectivity index (χ0v) is 16.4. The zero-order valence-electron chi connectivity index (χ0n) is 16.4. The Bertz CT molecular complexity index is 1110. The lowest BCUT2D eigenvalue weighted by atomic mass is 10.1. The number of hydrogen-bond donors (Lipinski definition) is 1. The first-order chi connectivity index (χ1) is 14.7. The highest BCUT2D eigenvalue weighted by Gasteiger charge is 2.09. The molecule has 0 aliphatic rings. The fourth-order valence-electron chi connectivity index (χ4n) is 2.85. The van der Waals surface area contributed by atoms with E-state index in [0.717, 1.165) is 22.8 Å². The predicted molar refractivity (Wildman–Crippen MR) is 114 cm³/mol. The lowest BCUT2D eigenvalue weighted by molar-refractivity contribution is -0.116. The van der Waals surface area contributed by atoms with Crippen molar-refractivity contribution in [1.29, 1.82) is 0 Å². The van der Waals surface area contributed by atoms with Gasteiger partial charge in [-0.1, -0.05) is 23.4 Å². The number of methoxy groups -OCH3 is 1. The second-order valence-electron chi connectivity index (χ2n) is 6.52. The van der Waals surface area contributed by atoms with Crippen molar-refractivity contribution in [3.8, 4) is 28.5 Å². The van der Waals surface area contributed by atoms with Gasteiger partial charge in [0.1, 0.15) is 29.5 Å². The van der Waals surface area contributed by atoms with Gasteiger partial charge >= 0.3 is 0 Å². The van der Waals surface area contributed by atoms with Crippen LogP contribution in [0.4, 0.5) is 5.69 Å². The number of amides is 1. The van der Waals surface area contributed by atoms with Crippen LogP contribution >= 0.6 is 0 Å². The standard InChI is InChI=1S/C23H20N4O3/c1-29-19-13-9-18(10-14-19)24-23(28)16-27-15-22(25-26-27)17-7-11-21(12-8-17)30-20-5-3-2-4-6-20/h2-15H,16H2,1H3,(H,24,28). The van der Waals surface area contributed by atoms with Gasteiger partial charge in [-0.3, -0.25) is 4.79 Å². The summed E-state index contributed by atoms with van der Waals surface area (Å²) in [4.78, 5) is 12.3. The first-order valence-electron chi connectivity index (χ1n) is 9.37. The van der Waals surface area contributed by atoms with E-state index >= 15 is 0 Å². The molecule has 0 spiro atoms. The lowest BCUT2D eigenvalue weighted by Crippen LogP contribution is -2.19. The third-order valence-electron chi connectivity index (χ3n) is 4.35. The summed E-state index contributed by atoms with van der Waals surface area (Å²) in [6, 6.07) is 24.3. The van der Waals surface area contributed by atoms with E-state index in [1.54, 1.807) is 37.6 Å². The molecule has 4 rings (SSSR count). The van der Waals surface area contributed by atoms with E-state index < -0.39 is 0 Å². The first kappa shape index (κ1) is 19.2. The fourth-order valence-corrected chi connectivity index (χ4v) is 2.85. The van der Waals surface area contributed by atoms with Crippen molar-refractivity contribution < 1.29 is 14.3 Å². The number of anilines is 1. The molecule has 3 aromatic carbocycles. The number of para-hydroxylation sites is 1. The maximum atomic E-state index is 12.3. The normalized spacial score (nSPS) is 10.4. The molecule has 0 atom stereocenters. The number of hydrogen-bond acceptors (Lipinski definition) is 5. The predicted octanol–water partition coefficient (Wildman–Crippen LogP) is 4.38. The molecule has 150 valence electrons. The highest BCUT2D eigenvalue weighted by atomic mass is 16.5. The molecule has 0 saturated carbocycles. The van der Waals surface area contributed by atoms with Crippen LogP contribution in [0.2, 0.25) is 0 Å². The molecule has 1 N–H and O–H groups in total. The summed E-state index contributed by atoms with van der Waals surface area (Å²) in [5.41, 5.74) is 2.26. The van der Waals surface area contributed by atoms with Crippen LogP contribution in [0.1, 0.15) is 0 Å². The third-order valence-corrected chi connectivity index (χ3v) is 4.35. The molecule has 0 aliphatic heterocycles. The van der Waals surface area contributed by atoms with Crippen LogP contribution in [0.25, 0.3) is 11.3 Å². The van der Waals surface area contributed by atoms with Gasteiger partial charge in [0, 0.05) is 11.3 Å². The molecule has 30 heavy (non-hydrogen) atoms. The van der Waals surface area contributed by atoms with E-state index in [4.69, 9.17) is 9.47 Å². The Balaban J connectivity index is 1.36. The van der Waals surface area contributed by atoms with Gasteiger partial charge in [0.2, 0.25) is 5.91 Å². The van der Waals surface area contributed by atoms with Gasteiger partial charge in [0.25, 0.3) is 0 Å². The maximum absolute atomic E-state index is 12.3. The maximum Gasteiger partial charge on any atom is 0.246 e. The Labute approximate surface area is 173 Å². The largest absolute Gasteiger partial charge is 0.497 e. The van der Waals surface area contributed by atoms with Crippen molar-refractivity contribution in [2.45, 2.75) is 6.54 Å². The summed E-state index contributed by atoms with van der Waals surface area (Å²) in [6.45, 7) is 0.0637. The van der Waals surface area contributed by atoms with Crippen molar-refractivity contribution in [2.24, 2.45) is 0 Å². The molecule has 4 aromatic rings. The lowest BCUT2D eigenvalue weighted by Gasteiger charge is -2.06. The minimum atomic E-state index is -0.191. The molecule has 0 saturated heterocycles. The van der Waals surface area contributed by atoms with Crippen molar-refractivity contribution in [2.75, 3.05) is 12.4 Å². The van der Waals surface area contributed by atoms with Crippen LogP contribution in [-0.2, 0) is 11.3 Å². The quantitative estimate of drug-likeness (QED) is 0.498. The molecule has 1 aromatic heterocycles. The molecule has 1 amide bonds. The minimum absolute atomic E-state index is 0.0637. The van der Waals surface area contributed by atoms with Gasteiger partial charge in [0.05, 0.1) is 13.3 Å². The van der Waals surface area contributed by atoms with E-state index in [9.17, 15) is 4.79 Å². The highest BCUT2D eigenvalue weighted by molar-refractivity contribution is 5.90. The van der Waals surface area contributed by atoms with Crippen LogP contribution in [0.3, 0.4) is 0 Å². The van der Waals surface area contributed by atoms with Crippen LogP contribution < -0.4 is 14.8 Å². The fraction of sp³-hybridized carbons (Fsp3) is 0.0870. The highest BCUT2D eigenvalue weighted by Crippen LogP contribution is 2.24. The Kier molecular flexibility index (Phi) is 5.70. The summed E-state index contributed by atoms with van der Waals surface area (Å²) in [5, 5.41) is 11.0. The Morgan fingerprint density at radius 2 is 1.57 bits per heavy atom. The van der Waals surface area contributed by atoms with E-state index in [1.807, 2.05) is 54.6 Å². The number of carbonyl (C=O) groups is 1. The molecule has 0 bridgehead atoms. The smallest absolute Gasteiger partial charge is 0.246 e. The molecular weight excluding hydrogens is 380 g/mol. The average molecular weight is 400 g/mol. The van der Waals surface area contributed by atoms with Gasteiger partial charge in [-0.15, -0.1) is 5.10 Å². The van der Waals surface area contributed by atoms with Gasteiger partial charge in [0.15, 0.2) is 0 Å². The molecule has 7 nitrogen and oxygen atoms in total. The summed E-state index contributed by atoms with van der Waals surface area (Å²) in [7, 11) is 1.60. The van der Waals surface area contributed by atoms with Crippen molar-refractivity contribution >= 4 is 11.6 Å². The topological polar surface area (TPSA) is 78.3 Å². The Morgan fingerprint density at radius 3 is 2.27 bits per heavy atom. The Morgan fingerprint density at radius 1 is 0.900 bits per heavy atom. The molecule has 0 fully saturated rings. The van der Waals surface area contributed by atoms with Gasteiger partial charge in [-0.25, -0.2) is 4.68 Å². The zero-order chi connectivity index (χ0) is 20.8. The van der Waals surface area contributed by atoms with E-state index in [-0.39, 0.29) is 12.5 Å². The molecule has 0 radical (unpaired) electrons. The Hall–Kier alpha value is -4.13. The molecule has 0 unspecified atom stereocenters. The molecular formula is C23H20N4O3. The number of rotatable bonds is 7. The van der Waals surface area contributed by atoms with E-state index in [1.165, 1.54) is 4.68 Å². The number of carbonyl (C=O) groups excluding carboxylic acids is 1. The van der Waals surface area contributed by atoms with Crippen LogP contribution in [0.15, 0.2) is 85.1 Å². The molecule has 7 heteroatoms. The molecule has 1 heterocycles. The summed E-state index contributed by atoms with van der Waals surface area (Å²) < 4.78 is 12.4. The van der Waals surface area contributed by atoms with E-state index in [0.29, 0.717) is 11.4 Å². The number of aromatic nitrogens is 3. The summed E-state index contributed by atoms with van der Waals surface area (Å²) >= 11 is 0. The van der Waals surface area contributed by atoms with Crippen molar-refractivity contribution in [1.82, 2.24) is 15.0 Å². The van der Waals surface area contributed by atoms with Gasteiger partial charge in [-0.05, 0) is 60.7 Å². The second kappa shape index (κ2) is 8.91. The molecule has 0 aliphatic carbocycles. The monoisotopic (exact) mass is 400 g/mol. The van der Waals surface area contributed by atoms with Crippen molar-refractivity contribution in [3.05, 3.63) is 85.1 Å². The number of benzene rings is 3. The summed E-state index contributed by atoms with van der Waals surface area (Å²) in [5.74, 6) is 2.05. The minimum Gasteiger partial charge on any atom is -0.497 e. The SMILES string of the molecule is COc1ccc(NC(=O)Cn2cc(-c3ccc(Oc4ccccc4)cc3)nn2)cc1. The number of ether oxygens (including phenoxy) is 2. The second-order valence-corrected chi connectivity index (χ2v) is 6.52. The number of nitrogens with one attached hydrogen (secondary N) is 1. The van der Waals surface area contributed by atoms with Gasteiger partial charge in [-0.2, -0.15) is 0 Å². The first-order valence-corrected chi connectivity index (χ1v) is 9.37. The third kappa shape index (κ3) is 4.82. The van der Waals surface area contributed by atoms with E-state index in [2.05, 4.69) is 15.6 Å². The van der Waals surface area contributed by atoms with Gasteiger partial charge < -0.3 is 14.8 Å². The number of nitrogens with zero attached hydrogens (tertiary/aromatic N) is 3.